The molecule has 0 saturated carbocycles. The van der Waals surface area contributed by atoms with E-state index in [4.69, 9.17) is 9.51 Å². The summed E-state index contributed by atoms with van der Waals surface area (Å²) in [5, 5.41) is 21.0. The van der Waals surface area contributed by atoms with Crippen LogP contribution in [0.25, 0.3) is 22.4 Å². The number of aromatic nitrogens is 8. The largest absolute Gasteiger partial charge is 0.365 e. The lowest BCUT2D eigenvalue weighted by molar-refractivity contribution is 0.393. The smallest absolute Gasteiger partial charge is 0.295 e. The third kappa shape index (κ3) is 3.91. The first-order valence-electron chi connectivity index (χ1n) is 10.9. The van der Waals surface area contributed by atoms with Crippen molar-refractivity contribution in [2.75, 3.05) is 11.9 Å². The quantitative estimate of drug-likeness (QED) is 0.377. The van der Waals surface area contributed by atoms with Gasteiger partial charge in [0.25, 0.3) is 5.56 Å². The molecule has 5 aromatic rings. The van der Waals surface area contributed by atoms with E-state index in [0.717, 1.165) is 16.8 Å². The lowest BCUT2D eigenvalue weighted by atomic mass is 10.1. The van der Waals surface area contributed by atoms with E-state index in [2.05, 4.69) is 36.1 Å². The van der Waals surface area contributed by atoms with E-state index < -0.39 is 0 Å². The van der Waals surface area contributed by atoms with E-state index in [1.165, 1.54) is 0 Å². The summed E-state index contributed by atoms with van der Waals surface area (Å²) in [5.74, 6) is 1.46. The first kappa shape index (κ1) is 21.4. The number of aryl methyl sites for hydroxylation is 2. The molecule has 11 nitrogen and oxygen atoms in total. The Morgan fingerprint density at radius 1 is 1.12 bits per heavy atom. The van der Waals surface area contributed by atoms with Gasteiger partial charge in [-0.3, -0.25) is 9.36 Å². The Bertz CT molecular complexity index is 1470. The molecular formula is C23H23N9O2. The maximum absolute atomic E-state index is 13.6. The van der Waals surface area contributed by atoms with Crippen molar-refractivity contribution >= 4 is 17.0 Å². The zero-order chi connectivity index (χ0) is 23.7. The summed E-state index contributed by atoms with van der Waals surface area (Å²) in [5.41, 5.74) is 4.04. The Morgan fingerprint density at radius 3 is 2.65 bits per heavy atom. The standard InChI is InChI=1S/C23H23N9O2/c1-13-20(15(3)34-29-13)17-9-10-18-22(26-17)32(14(2)16-7-5-4-6-8-16)23(33)21(25-18)24-12-11-19-27-30-31-28-19/h4-10,14H,11-12H2,1-3H3,(H,24,25)(H,27,28,30,31)/t14-/m0/s1. The molecule has 0 aliphatic heterocycles. The molecule has 1 aromatic carbocycles. The molecule has 0 aliphatic rings. The van der Waals surface area contributed by atoms with Gasteiger partial charge in [0.05, 0.1) is 23.0 Å². The van der Waals surface area contributed by atoms with E-state index in [1.807, 2.05) is 63.2 Å². The molecule has 0 radical (unpaired) electrons. The van der Waals surface area contributed by atoms with E-state index in [9.17, 15) is 4.79 Å². The second kappa shape index (κ2) is 8.85. The fraction of sp³-hybridized carbons (Fsp3) is 0.261. The summed E-state index contributed by atoms with van der Waals surface area (Å²) in [7, 11) is 0. The van der Waals surface area contributed by atoms with Gasteiger partial charge >= 0.3 is 0 Å². The van der Waals surface area contributed by atoms with Crippen LogP contribution >= 0.6 is 0 Å². The molecule has 11 heteroatoms. The number of anilines is 1. The average Bonchev–Trinajstić information content (AvgIpc) is 3.49. The van der Waals surface area contributed by atoms with Gasteiger partial charge in [0.1, 0.15) is 11.3 Å². The predicted octanol–water partition coefficient (Wildman–Crippen LogP) is 2.84. The Hall–Kier alpha value is -4.41. The van der Waals surface area contributed by atoms with E-state index in [1.54, 1.807) is 4.57 Å². The number of tetrazole rings is 1. The highest BCUT2D eigenvalue weighted by molar-refractivity contribution is 5.77. The number of pyridine rings is 1. The van der Waals surface area contributed by atoms with Gasteiger partial charge in [-0.05, 0) is 38.5 Å². The van der Waals surface area contributed by atoms with Crippen molar-refractivity contribution < 1.29 is 4.52 Å². The zero-order valence-electron chi connectivity index (χ0n) is 19.0. The fourth-order valence-corrected chi connectivity index (χ4v) is 4.01. The minimum atomic E-state index is -0.274. The van der Waals surface area contributed by atoms with Crippen molar-refractivity contribution in [3.63, 3.8) is 0 Å². The van der Waals surface area contributed by atoms with Crippen LogP contribution in [0, 0.1) is 13.8 Å². The third-order valence-corrected chi connectivity index (χ3v) is 5.73. The van der Waals surface area contributed by atoms with Crippen LogP contribution in [-0.2, 0) is 6.42 Å². The van der Waals surface area contributed by atoms with Gasteiger partial charge in [0.2, 0.25) is 0 Å². The lowest BCUT2D eigenvalue weighted by Crippen LogP contribution is -2.29. The molecule has 4 aromatic heterocycles. The number of aromatic amines is 1. The second-order valence-electron chi connectivity index (χ2n) is 7.97. The highest BCUT2D eigenvalue weighted by Gasteiger charge is 2.20. The topological polar surface area (TPSA) is 140 Å². The monoisotopic (exact) mass is 457 g/mol. The van der Waals surface area contributed by atoms with Crippen molar-refractivity contribution in [1.82, 2.24) is 40.3 Å². The molecule has 2 N–H and O–H groups in total. The van der Waals surface area contributed by atoms with Gasteiger partial charge < -0.3 is 9.84 Å². The number of rotatable bonds is 7. The van der Waals surface area contributed by atoms with Crippen LogP contribution in [0.3, 0.4) is 0 Å². The van der Waals surface area contributed by atoms with Gasteiger partial charge in [-0.1, -0.05) is 40.7 Å². The molecule has 0 unspecified atom stereocenters. The molecule has 0 bridgehead atoms. The van der Waals surface area contributed by atoms with Crippen LogP contribution in [-0.4, -0.2) is 46.9 Å². The van der Waals surface area contributed by atoms with E-state index in [0.29, 0.717) is 41.4 Å². The molecule has 172 valence electrons. The summed E-state index contributed by atoms with van der Waals surface area (Å²) in [6.07, 6.45) is 0.493. The van der Waals surface area contributed by atoms with Crippen molar-refractivity contribution in [1.29, 1.82) is 0 Å². The summed E-state index contributed by atoms with van der Waals surface area (Å²) in [4.78, 5) is 23.1. The maximum atomic E-state index is 13.6. The van der Waals surface area contributed by atoms with Crippen LogP contribution in [0.1, 0.15) is 35.8 Å². The minimum absolute atomic E-state index is 0.241. The molecule has 34 heavy (non-hydrogen) atoms. The average molecular weight is 457 g/mol. The number of nitrogens with zero attached hydrogens (tertiary/aromatic N) is 7. The number of H-pyrrole nitrogens is 1. The maximum Gasteiger partial charge on any atom is 0.295 e. The first-order chi connectivity index (χ1) is 16.5. The van der Waals surface area contributed by atoms with Crippen LogP contribution in [0.15, 0.2) is 51.8 Å². The highest BCUT2D eigenvalue weighted by atomic mass is 16.5. The highest BCUT2D eigenvalue weighted by Crippen LogP contribution is 2.28. The van der Waals surface area contributed by atoms with Crippen molar-refractivity contribution in [3.8, 4) is 11.3 Å². The summed E-state index contributed by atoms with van der Waals surface area (Å²) >= 11 is 0. The van der Waals surface area contributed by atoms with Gasteiger partial charge in [-0.25, -0.2) is 9.97 Å². The molecule has 5 rings (SSSR count). The Labute approximate surface area is 194 Å². The summed E-state index contributed by atoms with van der Waals surface area (Å²) in [6.45, 7) is 6.11. The number of hydrogen-bond acceptors (Lipinski definition) is 9. The van der Waals surface area contributed by atoms with Gasteiger partial charge in [0, 0.05) is 13.0 Å². The van der Waals surface area contributed by atoms with Gasteiger partial charge in [-0.15, -0.1) is 10.2 Å². The number of hydrogen-bond donors (Lipinski definition) is 2. The van der Waals surface area contributed by atoms with E-state index in [-0.39, 0.29) is 17.4 Å². The number of fused-ring (bicyclic) bond motifs is 1. The van der Waals surface area contributed by atoms with Crippen LogP contribution in [0.2, 0.25) is 0 Å². The third-order valence-electron chi connectivity index (χ3n) is 5.73. The van der Waals surface area contributed by atoms with Crippen LogP contribution in [0.5, 0.6) is 0 Å². The van der Waals surface area contributed by atoms with E-state index >= 15 is 0 Å². The molecule has 0 aliphatic carbocycles. The van der Waals surface area contributed by atoms with Crippen molar-refractivity contribution in [2.45, 2.75) is 33.2 Å². The first-order valence-corrected chi connectivity index (χ1v) is 10.9. The molecule has 0 spiro atoms. The molecule has 1 atom stereocenters. The van der Waals surface area contributed by atoms with Gasteiger partial charge in [0.15, 0.2) is 17.3 Å². The van der Waals surface area contributed by atoms with Crippen LogP contribution < -0.4 is 10.9 Å². The molecule has 0 saturated heterocycles. The number of benzene rings is 1. The number of nitrogens with one attached hydrogen (secondary N) is 2. The second-order valence-corrected chi connectivity index (χ2v) is 7.97. The summed E-state index contributed by atoms with van der Waals surface area (Å²) in [6, 6.07) is 13.3. The molecular weight excluding hydrogens is 434 g/mol. The SMILES string of the molecule is Cc1noc(C)c1-c1ccc2nc(NCCc3nn[nH]n3)c(=O)n([C@@H](C)c3ccccc3)c2n1. The molecule has 0 fully saturated rings. The summed E-state index contributed by atoms with van der Waals surface area (Å²) < 4.78 is 7.00. The van der Waals surface area contributed by atoms with Crippen LogP contribution in [0.4, 0.5) is 5.82 Å². The lowest BCUT2D eigenvalue weighted by Gasteiger charge is -2.19. The Morgan fingerprint density at radius 2 is 1.94 bits per heavy atom. The molecule has 0 amide bonds. The minimum Gasteiger partial charge on any atom is -0.365 e. The molecule has 4 heterocycles. The Kier molecular flexibility index (Phi) is 5.58. The normalized spacial score (nSPS) is 12.2. The fourth-order valence-electron chi connectivity index (χ4n) is 4.01. The zero-order valence-corrected chi connectivity index (χ0v) is 19.0. The Balaban J connectivity index is 1.63. The van der Waals surface area contributed by atoms with Crippen molar-refractivity contribution in [3.05, 3.63) is 75.7 Å². The van der Waals surface area contributed by atoms with Gasteiger partial charge in [-0.2, -0.15) is 5.21 Å². The van der Waals surface area contributed by atoms with Crippen molar-refractivity contribution in [2.24, 2.45) is 0 Å². The predicted molar refractivity (Wildman–Crippen MR) is 125 cm³/mol.